The van der Waals surface area contributed by atoms with E-state index in [9.17, 15) is 4.39 Å². The largest absolute Gasteiger partial charge is 0.336 e. The summed E-state index contributed by atoms with van der Waals surface area (Å²) in [5.74, 6) is 0.269. The van der Waals surface area contributed by atoms with E-state index in [1.807, 2.05) is 50.3 Å². The van der Waals surface area contributed by atoms with Crippen molar-refractivity contribution in [1.29, 1.82) is 0 Å². The van der Waals surface area contributed by atoms with Crippen LogP contribution < -0.4 is 10.6 Å². The quantitative estimate of drug-likeness (QED) is 0.443. The zero-order valence-electron chi connectivity index (χ0n) is 18.2. The van der Waals surface area contributed by atoms with Gasteiger partial charge in [-0.1, -0.05) is 12.7 Å². The summed E-state index contributed by atoms with van der Waals surface area (Å²) >= 11 is 0. The van der Waals surface area contributed by atoms with E-state index in [-0.39, 0.29) is 5.82 Å². The van der Waals surface area contributed by atoms with Crippen LogP contribution >= 0.6 is 0 Å². The minimum absolute atomic E-state index is 0.304. The smallest absolute Gasteiger partial charge is 0.159 e. The summed E-state index contributed by atoms with van der Waals surface area (Å²) in [7, 11) is 0. The van der Waals surface area contributed by atoms with Crippen LogP contribution in [-0.2, 0) is 0 Å². The predicted octanol–water partition coefficient (Wildman–Crippen LogP) is 4.15. The Morgan fingerprint density at radius 3 is 2.67 bits per heavy atom. The van der Waals surface area contributed by atoms with Crippen LogP contribution in [0.1, 0.15) is 18.1 Å². The molecule has 7 heteroatoms. The molecular formula is C26H21FN6. The second-order valence-electron chi connectivity index (χ2n) is 7.88. The first-order valence-corrected chi connectivity index (χ1v) is 10.4. The molecule has 162 valence electrons. The van der Waals surface area contributed by atoms with Crippen LogP contribution in [0.15, 0.2) is 61.1 Å². The number of hydrogen-bond donors (Lipinski definition) is 2. The first-order chi connectivity index (χ1) is 16.0. The van der Waals surface area contributed by atoms with E-state index in [0.717, 1.165) is 32.8 Å². The molecule has 6 nitrogen and oxygen atoms in total. The lowest BCUT2D eigenvalue weighted by Crippen LogP contribution is -2.21. The standard InChI is InChI=1S/C26H21FN6/c1-15-12-19(14-20(27)13-15)24-25-22(8-11-29-24)30-26(31-25)23-17(3)21(32-33-23)5-4-16(2)18-6-9-28-10-7-18/h4-14,32H,3H2,1-2H3,(H,30,31)/b16-4+,21-5+. The van der Waals surface area contributed by atoms with Crippen molar-refractivity contribution in [3.63, 3.8) is 0 Å². The summed E-state index contributed by atoms with van der Waals surface area (Å²) in [6.45, 7) is 8.08. The number of pyridine rings is 2. The maximum absolute atomic E-state index is 14.0. The SMILES string of the molecule is C=c1c(-c2nc3c(-c4cc(C)cc(F)c4)nccc3[nH]2)n[nH]/c1=C/C=C(\C)c1ccncc1. The van der Waals surface area contributed by atoms with Crippen molar-refractivity contribution < 1.29 is 4.39 Å². The Bertz CT molecular complexity index is 1590. The van der Waals surface area contributed by atoms with Crippen molar-refractivity contribution >= 4 is 29.3 Å². The average Bonchev–Trinajstić information content (AvgIpc) is 3.40. The molecule has 0 fully saturated rings. The average molecular weight is 436 g/mol. The van der Waals surface area contributed by atoms with Gasteiger partial charge < -0.3 is 4.98 Å². The number of halogens is 1. The third kappa shape index (κ3) is 3.96. The van der Waals surface area contributed by atoms with Gasteiger partial charge >= 0.3 is 0 Å². The van der Waals surface area contributed by atoms with Crippen LogP contribution in [0.2, 0.25) is 0 Å². The summed E-state index contributed by atoms with van der Waals surface area (Å²) in [5, 5.41) is 8.98. The summed E-state index contributed by atoms with van der Waals surface area (Å²) in [5.41, 5.74) is 6.36. The van der Waals surface area contributed by atoms with Crippen LogP contribution in [0.5, 0.6) is 0 Å². The van der Waals surface area contributed by atoms with Crippen LogP contribution in [0.3, 0.4) is 0 Å². The van der Waals surface area contributed by atoms with Gasteiger partial charge in [0.25, 0.3) is 0 Å². The van der Waals surface area contributed by atoms with Gasteiger partial charge in [0.05, 0.1) is 16.6 Å². The zero-order valence-corrected chi connectivity index (χ0v) is 18.2. The van der Waals surface area contributed by atoms with E-state index in [2.05, 4.69) is 31.7 Å². The lowest BCUT2D eigenvalue weighted by atomic mass is 10.1. The molecule has 0 spiro atoms. The first kappa shape index (κ1) is 20.5. The Hall–Kier alpha value is -4.39. The van der Waals surface area contributed by atoms with E-state index in [1.165, 1.54) is 12.1 Å². The molecule has 5 rings (SSSR count). The number of H-pyrrole nitrogens is 2. The Labute approximate surface area is 189 Å². The van der Waals surface area contributed by atoms with E-state index < -0.39 is 0 Å². The van der Waals surface area contributed by atoms with Gasteiger partial charge in [-0.2, -0.15) is 5.10 Å². The fraction of sp³-hybridized carbons (Fsp3) is 0.0769. The second-order valence-corrected chi connectivity index (χ2v) is 7.88. The molecular weight excluding hydrogens is 415 g/mol. The number of benzene rings is 1. The Morgan fingerprint density at radius 1 is 1.06 bits per heavy atom. The third-order valence-electron chi connectivity index (χ3n) is 5.48. The molecule has 0 radical (unpaired) electrons. The summed E-state index contributed by atoms with van der Waals surface area (Å²) in [4.78, 5) is 16.5. The second kappa shape index (κ2) is 8.27. The Balaban J connectivity index is 1.56. The van der Waals surface area contributed by atoms with Gasteiger partial charge in [0.1, 0.15) is 17.0 Å². The number of fused-ring (bicyclic) bond motifs is 1. The van der Waals surface area contributed by atoms with Crippen LogP contribution in [0, 0.1) is 12.7 Å². The highest BCUT2D eigenvalue weighted by Crippen LogP contribution is 2.27. The molecule has 0 saturated carbocycles. The number of rotatable bonds is 4. The molecule has 0 atom stereocenters. The fourth-order valence-corrected chi connectivity index (χ4v) is 3.76. The number of imidazole rings is 1. The van der Waals surface area contributed by atoms with Crippen molar-refractivity contribution in [2.75, 3.05) is 0 Å². The number of aryl methyl sites for hydroxylation is 1. The van der Waals surface area contributed by atoms with Crippen molar-refractivity contribution in [2.45, 2.75) is 13.8 Å². The molecule has 0 amide bonds. The third-order valence-corrected chi connectivity index (χ3v) is 5.48. The summed E-state index contributed by atoms with van der Waals surface area (Å²) in [6, 6.07) is 10.6. The summed E-state index contributed by atoms with van der Waals surface area (Å²) < 4.78 is 14.0. The van der Waals surface area contributed by atoms with Crippen LogP contribution in [0.4, 0.5) is 4.39 Å². The molecule has 0 aliphatic rings. The van der Waals surface area contributed by atoms with E-state index >= 15 is 0 Å². The molecule has 4 aromatic heterocycles. The molecule has 33 heavy (non-hydrogen) atoms. The van der Waals surface area contributed by atoms with E-state index in [1.54, 1.807) is 18.6 Å². The van der Waals surface area contributed by atoms with Crippen molar-refractivity contribution in [3.8, 4) is 22.8 Å². The van der Waals surface area contributed by atoms with Gasteiger partial charge in [0, 0.05) is 29.4 Å². The highest BCUT2D eigenvalue weighted by atomic mass is 19.1. The minimum atomic E-state index is -0.304. The van der Waals surface area contributed by atoms with Gasteiger partial charge in [0.2, 0.25) is 0 Å². The fourth-order valence-electron chi connectivity index (χ4n) is 3.76. The van der Waals surface area contributed by atoms with Gasteiger partial charge in [-0.25, -0.2) is 9.37 Å². The zero-order chi connectivity index (χ0) is 22.9. The number of aromatic nitrogens is 6. The van der Waals surface area contributed by atoms with E-state index in [4.69, 9.17) is 4.98 Å². The normalized spacial score (nSPS) is 12.6. The van der Waals surface area contributed by atoms with Gasteiger partial charge in [-0.3, -0.25) is 15.1 Å². The molecule has 0 bridgehead atoms. The van der Waals surface area contributed by atoms with Crippen molar-refractivity contribution in [3.05, 3.63) is 88.6 Å². The molecule has 0 unspecified atom stereocenters. The van der Waals surface area contributed by atoms with Gasteiger partial charge in [0.15, 0.2) is 5.82 Å². The maximum atomic E-state index is 14.0. The number of nitrogens with one attached hydrogen (secondary N) is 2. The van der Waals surface area contributed by atoms with Gasteiger partial charge in [-0.05, 0) is 73.0 Å². The molecule has 0 aliphatic carbocycles. The molecule has 2 N–H and O–H groups in total. The lowest BCUT2D eigenvalue weighted by Gasteiger charge is -2.03. The highest BCUT2D eigenvalue weighted by molar-refractivity contribution is 5.91. The summed E-state index contributed by atoms with van der Waals surface area (Å²) in [6.07, 6.45) is 9.17. The van der Waals surface area contributed by atoms with Crippen molar-refractivity contribution in [1.82, 2.24) is 30.1 Å². The van der Waals surface area contributed by atoms with Crippen molar-refractivity contribution in [2.24, 2.45) is 0 Å². The molecule has 0 aliphatic heterocycles. The topological polar surface area (TPSA) is 83.1 Å². The molecule has 4 heterocycles. The maximum Gasteiger partial charge on any atom is 0.159 e. The van der Waals surface area contributed by atoms with E-state index in [0.29, 0.717) is 28.3 Å². The lowest BCUT2D eigenvalue weighted by molar-refractivity contribution is 0.627. The number of nitrogens with zero attached hydrogens (tertiary/aromatic N) is 4. The first-order valence-electron chi connectivity index (χ1n) is 10.4. The predicted molar refractivity (Wildman–Crippen MR) is 129 cm³/mol. The highest BCUT2D eigenvalue weighted by Gasteiger charge is 2.14. The van der Waals surface area contributed by atoms with Crippen LogP contribution in [0.25, 0.3) is 52.0 Å². The van der Waals surface area contributed by atoms with Gasteiger partial charge in [-0.15, -0.1) is 0 Å². The minimum Gasteiger partial charge on any atom is -0.336 e. The molecule has 0 saturated heterocycles. The monoisotopic (exact) mass is 436 g/mol. The number of allylic oxidation sites excluding steroid dienone is 2. The Morgan fingerprint density at radius 2 is 1.88 bits per heavy atom. The number of aromatic amines is 2. The Kier molecular flexibility index (Phi) is 5.14. The molecule has 1 aromatic carbocycles. The number of hydrogen-bond acceptors (Lipinski definition) is 4. The molecule has 5 aromatic rings. The van der Waals surface area contributed by atoms with Crippen LogP contribution in [-0.4, -0.2) is 30.1 Å².